The summed E-state index contributed by atoms with van der Waals surface area (Å²) in [5.74, 6) is -0.550. The summed E-state index contributed by atoms with van der Waals surface area (Å²) in [5.41, 5.74) is -0.00710. The van der Waals surface area contributed by atoms with Gasteiger partial charge in [-0.2, -0.15) is 0 Å². The Morgan fingerprint density at radius 3 is 2.39 bits per heavy atom. The molecule has 1 aliphatic heterocycles. The van der Waals surface area contributed by atoms with Gasteiger partial charge < -0.3 is 5.32 Å². The quantitative estimate of drug-likeness (QED) is 0.827. The molecule has 5 heteroatoms. The van der Waals surface area contributed by atoms with E-state index in [-0.39, 0.29) is 11.7 Å². The van der Waals surface area contributed by atoms with Gasteiger partial charge in [-0.15, -0.1) is 0 Å². The molecule has 1 aromatic rings. The molecule has 2 aliphatic rings. The van der Waals surface area contributed by atoms with Gasteiger partial charge in [-0.1, -0.05) is 6.42 Å². The molecule has 0 atom stereocenters. The molecule has 4 nitrogen and oxygen atoms in total. The van der Waals surface area contributed by atoms with Crippen molar-refractivity contribution < 1.29 is 14.0 Å². The second-order valence-electron chi connectivity index (χ2n) is 4.91. The first kappa shape index (κ1) is 11.2. The first-order chi connectivity index (χ1) is 8.62. The van der Waals surface area contributed by atoms with Crippen LogP contribution in [0.15, 0.2) is 24.3 Å². The molecule has 18 heavy (non-hydrogen) atoms. The van der Waals surface area contributed by atoms with Crippen molar-refractivity contribution in [2.24, 2.45) is 5.41 Å². The molecule has 2 fully saturated rings. The lowest BCUT2D eigenvalue weighted by Gasteiger charge is -2.46. The zero-order chi connectivity index (χ0) is 12.8. The largest absolute Gasteiger partial charge is 0.336 e. The third-order valence-electron chi connectivity index (χ3n) is 3.83. The lowest BCUT2D eigenvalue weighted by atomic mass is 9.67. The SMILES string of the molecule is O=C1NCC2(CCC2)C(=O)N1c1ccc(F)cc1. The van der Waals surface area contributed by atoms with E-state index in [1.165, 1.54) is 24.3 Å². The average Bonchev–Trinajstić information content (AvgIpc) is 2.30. The van der Waals surface area contributed by atoms with Crippen LogP contribution in [0.5, 0.6) is 0 Å². The lowest BCUT2D eigenvalue weighted by molar-refractivity contribution is -0.132. The van der Waals surface area contributed by atoms with E-state index in [0.29, 0.717) is 12.2 Å². The van der Waals surface area contributed by atoms with E-state index in [9.17, 15) is 14.0 Å². The molecule has 1 aliphatic carbocycles. The van der Waals surface area contributed by atoms with Crippen LogP contribution in [0.2, 0.25) is 0 Å². The Morgan fingerprint density at radius 1 is 1.17 bits per heavy atom. The third-order valence-corrected chi connectivity index (χ3v) is 3.83. The topological polar surface area (TPSA) is 49.4 Å². The van der Waals surface area contributed by atoms with Crippen LogP contribution in [0.1, 0.15) is 19.3 Å². The maximum absolute atomic E-state index is 12.9. The summed E-state index contributed by atoms with van der Waals surface area (Å²) >= 11 is 0. The summed E-state index contributed by atoms with van der Waals surface area (Å²) in [6, 6.07) is 4.97. The van der Waals surface area contributed by atoms with Gasteiger partial charge in [-0.05, 0) is 37.1 Å². The van der Waals surface area contributed by atoms with Gasteiger partial charge in [0.25, 0.3) is 0 Å². The number of hydrogen-bond acceptors (Lipinski definition) is 2. The molecule has 0 aromatic heterocycles. The Hall–Kier alpha value is -1.91. The molecular weight excluding hydrogens is 235 g/mol. The monoisotopic (exact) mass is 248 g/mol. The van der Waals surface area contributed by atoms with Crippen LogP contribution in [0.4, 0.5) is 14.9 Å². The molecule has 1 spiro atoms. The zero-order valence-corrected chi connectivity index (χ0v) is 9.78. The van der Waals surface area contributed by atoms with E-state index in [1.807, 2.05) is 0 Å². The Labute approximate surface area is 104 Å². The minimum Gasteiger partial charge on any atom is -0.336 e. The van der Waals surface area contributed by atoms with E-state index in [1.54, 1.807) is 0 Å². The molecule has 1 N–H and O–H groups in total. The van der Waals surface area contributed by atoms with Crippen LogP contribution in [0.3, 0.4) is 0 Å². The molecule has 0 radical (unpaired) electrons. The van der Waals surface area contributed by atoms with Gasteiger partial charge >= 0.3 is 6.03 Å². The van der Waals surface area contributed by atoms with Crippen LogP contribution in [0.25, 0.3) is 0 Å². The fraction of sp³-hybridized carbons (Fsp3) is 0.385. The van der Waals surface area contributed by atoms with E-state index in [4.69, 9.17) is 0 Å². The number of imide groups is 1. The number of rotatable bonds is 1. The highest BCUT2D eigenvalue weighted by atomic mass is 19.1. The first-order valence-electron chi connectivity index (χ1n) is 6.00. The number of hydrogen-bond donors (Lipinski definition) is 1. The number of carbonyl (C=O) groups is 2. The number of amides is 3. The van der Waals surface area contributed by atoms with Gasteiger partial charge in [0.2, 0.25) is 5.91 Å². The zero-order valence-electron chi connectivity index (χ0n) is 9.78. The van der Waals surface area contributed by atoms with E-state index in [0.717, 1.165) is 24.2 Å². The molecular formula is C13H13FN2O2. The van der Waals surface area contributed by atoms with Gasteiger partial charge in [-0.25, -0.2) is 14.1 Å². The number of anilines is 1. The highest BCUT2D eigenvalue weighted by Crippen LogP contribution is 2.44. The number of benzene rings is 1. The molecule has 3 amide bonds. The molecule has 1 heterocycles. The molecule has 0 bridgehead atoms. The number of nitrogens with zero attached hydrogens (tertiary/aromatic N) is 1. The summed E-state index contributed by atoms with van der Waals surface area (Å²) < 4.78 is 12.9. The summed E-state index contributed by atoms with van der Waals surface area (Å²) in [7, 11) is 0. The average molecular weight is 248 g/mol. The number of nitrogens with one attached hydrogen (secondary N) is 1. The summed E-state index contributed by atoms with van der Waals surface area (Å²) in [4.78, 5) is 25.3. The van der Waals surface area contributed by atoms with Crippen molar-refractivity contribution in [2.75, 3.05) is 11.4 Å². The van der Waals surface area contributed by atoms with E-state index in [2.05, 4.69) is 5.32 Å². The van der Waals surface area contributed by atoms with Crippen molar-refractivity contribution in [2.45, 2.75) is 19.3 Å². The Bertz CT molecular complexity index is 508. The van der Waals surface area contributed by atoms with E-state index < -0.39 is 11.4 Å². The van der Waals surface area contributed by atoms with Crippen molar-refractivity contribution in [3.8, 4) is 0 Å². The Kier molecular flexibility index (Phi) is 2.36. The molecule has 1 saturated carbocycles. The van der Waals surface area contributed by atoms with Gasteiger partial charge in [-0.3, -0.25) is 4.79 Å². The fourth-order valence-corrected chi connectivity index (χ4v) is 2.55. The summed E-state index contributed by atoms with van der Waals surface area (Å²) in [5, 5.41) is 2.74. The number of carbonyl (C=O) groups excluding carboxylic acids is 2. The molecule has 0 unspecified atom stereocenters. The van der Waals surface area contributed by atoms with Gasteiger partial charge in [0.1, 0.15) is 5.82 Å². The first-order valence-corrected chi connectivity index (χ1v) is 6.00. The lowest BCUT2D eigenvalue weighted by Crippen LogP contribution is -2.63. The minimum absolute atomic E-state index is 0.163. The van der Waals surface area contributed by atoms with Crippen LogP contribution < -0.4 is 10.2 Å². The van der Waals surface area contributed by atoms with E-state index >= 15 is 0 Å². The maximum atomic E-state index is 12.9. The molecule has 3 rings (SSSR count). The van der Waals surface area contributed by atoms with Crippen molar-refractivity contribution >= 4 is 17.6 Å². The third kappa shape index (κ3) is 1.50. The van der Waals surface area contributed by atoms with Crippen molar-refractivity contribution in [1.82, 2.24) is 5.32 Å². The second-order valence-corrected chi connectivity index (χ2v) is 4.91. The Balaban J connectivity index is 1.95. The van der Waals surface area contributed by atoms with Crippen LogP contribution in [0, 0.1) is 11.2 Å². The Morgan fingerprint density at radius 2 is 1.83 bits per heavy atom. The highest BCUT2D eigenvalue weighted by Gasteiger charge is 2.51. The van der Waals surface area contributed by atoms with Crippen molar-refractivity contribution in [1.29, 1.82) is 0 Å². The fourth-order valence-electron chi connectivity index (χ4n) is 2.55. The minimum atomic E-state index is -0.428. The summed E-state index contributed by atoms with van der Waals surface area (Å²) in [6.45, 7) is 0.419. The predicted molar refractivity (Wildman–Crippen MR) is 63.6 cm³/mol. The molecule has 94 valence electrons. The standard InChI is InChI=1S/C13H13FN2O2/c14-9-2-4-10(5-3-9)16-11(17)13(6-1-7-13)8-15-12(16)18/h2-5H,1,6-8H2,(H,15,18). The van der Waals surface area contributed by atoms with Crippen LogP contribution in [-0.4, -0.2) is 18.5 Å². The normalized spacial score (nSPS) is 21.7. The molecule has 1 aromatic carbocycles. The second kappa shape index (κ2) is 3.80. The van der Waals surface area contributed by atoms with Gasteiger partial charge in [0.05, 0.1) is 11.1 Å². The number of urea groups is 1. The van der Waals surface area contributed by atoms with Gasteiger partial charge in [0, 0.05) is 6.54 Å². The van der Waals surface area contributed by atoms with Crippen molar-refractivity contribution in [3.63, 3.8) is 0 Å². The van der Waals surface area contributed by atoms with Crippen LogP contribution in [-0.2, 0) is 4.79 Å². The maximum Gasteiger partial charge on any atom is 0.328 e. The number of halogens is 1. The smallest absolute Gasteiger partial charge is 0.328 e. The molecule has 1 saturated heterocycles. The van der Waals surface area contributed by atoms with Crippen molar-refractivity contribution in [3.05, 3.63) is 30.1 Å². The van der Waals surface area contributed by atoms with Crippen LogP contribution >= 0.6 is 0 Å². The highest BCUT2D eigenvalue weighted by molar-refractivity contribution is 6.18. The predicted octanol–water partition coefficient (Wildman–Crippen LogP) is 2.05. The van der Waals surface area contributed by atoms with Gasteiger partial charge in [0.15, 0.2) is 0 Å². The summed E-state index contributed by atoms with van der Waals surface area (Å²) in [6.07, 6.45) is 2.63.